The fourth-order valence-electron chi connectivity index (χ4n) is 1.76. The number of aldehydes is 2. The Hall–Kier alpha value is -1.59. The number of hydrogen-bond acceptors (Lipinski definition) is 5. The highest BCUT2D eigenvalue weighted by Crippen LogP contribution is 2.46. The molecule has 2 aromatic rings. The molecule has 0 radical (unpaired) electrons. The number of rotatable bonds is 2. The predicted octanol–water partition coefficient (Wildman–Crippen LogP) is 2.65. The van der Waals surface area contributed by atoms with Gasteiger partial charge < -0.3 is 0 Å². The molecule has 0 saturated heterocycles. The summed E-state index contributed by atoms with van der Waals surface area (Å²) in [5.74, 6) is -0.0845. The van der Waals surface area contributed by atoms with Gasteiger partial charge in [0.2, 0.25) is 0 Å². The molecule has 0 unspecified atom stereocenters. The van der Waals surface area contributed by atoms with Crippen LogP contribution >= 0.6 is 22.7 Å². The molecular formula is C11H4O3S2. The number of hydrogen-bond donors (Lipinski definition) is 0. The molecule has 0 atom stereocenters. The van der Waals surface area contributed by atoms with E-state index in [0.29, 0.717) is 20.9 Å². The minimum Gasteiger partial charge on any atom is -0.297 e. The zero-order valence-electron chi connectivity index (χ0n) is 7.85. The minimum atomic E-state index is -0.0845. The molecule has 0 bridgehead atoms. The summed E-state index contributed by atoms with van der Waals surface area (Å²) in [6.07, 6.45) is 1.48. The minimum absolute atomic E-state index is 0.0845. The smallest absolute Gasteiger partial charge is 0.196 e. The van der Waals surface area contributed by atoms with E-state index in [4.69, 9.17) is 0 Å². The maximum absolute atomic E-state index is 11.9. The summed E-state index contributed by atoms with van der Waals surface area (Å²) in [7, 11) is 0. The average molecular weight is 248 g/mol. The van der Waals surface area contributed by atoms with Crippen LogP contribution in [0.3, 0.4) is 0 Å². The van der Waals surface area contributed by atoms with E-state index in [1.807, 2.05) is 0 Å². The predicted molar refractivity (Wildman–Crippen MR) is 61.8 cm³/mol. The molecule has 2 aromatic heterocycles. The fraction of sp³-hybridized carbons (Fsp3) is 0. The van der Waals surface area contributed by atoms with Gasteiger partial charge in [-0.05, 0) is 12.1 Å². The molecule has 1 aliphatic carbocycles. The van der Waals surface area contributed by atoms with Crippen molar-refractivity contribution in [2.75, 3.05) is 0 Å². The topological polar surface area (TPSA) is 51.2 Å². The number of thiophene rings is 2. The molecule has 0 amide bonds. The van der Waals surface area contributed by atoms with Crippen LogP contribution in [0.2, 0.25) is 0 Å². The van der Waals surface area contributed by atoms with Gasteiger partial charge in [-0.25, -0.2) is 0 Å². The SMILES string of the molecule is O=Cc1cc2c(s1)-c1sc(C=O)cc1C2=O. The first-order chi connectivity index (χ1) is 7.74. The lowest BCUT2D eigenvalue weighted by atomic mass is 10.2. The molecule has 3 rings (SSSR count). The second-order valence-electron chi connectivity index (χ2n) is 3.35. The molecule has 0 spiro atoms. The molecule has 5 heteroatoms. The quantitative estimate of drug-likeness (QED) is 0.655. The summed E-state index contributed by atoms with van der Waals surface area (Å²) in [5, 5.41) is 0. The van der Waals surface area contributed by atoms with E-state index in [1.165, 1.54) is 22.7 Å². The summed E-state index contributed by atoms with van der Waals surface area (Å²) in [6, 6.07) is 3.23. The van der Waals surface area contributed by atoms with E-state index in [-0.39, 0.29) is 5.78 Å². The summed E-state index contributed by atoms with van der Waals surface area (Å²) < 4.78 is 0. The molecule has 0 N–H and O–H groups in total. The Morgan fingerprint density at radius 2 is 1.31 bits per heavy atom. The van der Waals surface area contributed by atoms with Crippen molar-refractivity contribution in [3.63, 3.8) is 0 Å². The molecule has 0 fully saturated rings. The third kappa shape index (κ3) is 1.10. The molecule has 0 saturated carbocycles. The zero-order chi connectivity index (χ0) is 11.3. The first kappa shape index (κ1) is 9.62. The van der Waals surface area contributed by atoms with Gasteiger partial charge in [0.1, 0.15) is 0 Å². The van der Waals surface area contributed by atoms with Gasteiger partial charge in [-0.3, -0.25) is 14.4 Å². The largest absolute Gasteiger partial charge is 0.297 e. The highest BCUT2D eigenvalue weighted by atomic mass is 32.1. The van der Waals surface area contributed by atoms with Crippen LogP contribution in [-0.4, -0.2) is 18.4 Å². The Kier molecular flexibility index (Phi) is 1.92. The van der Waals surface area contributed by atoms with Crippen LogP contribution in [0.4, 0.5) is 0 Å². The summed E-state index contributed by atoms with van der Waals surface area (Å²) in [5.41, 5.74) is 1.18. The van der Waals surface area contributed by atoms with Gasteiger partial charge in [0.15, 0.2) is 18.4 Å². The van der Waals surface area contributed by atoms with E-state index < -0.39 is 0 Å². The van der Waals surface area contributed by atoms with Gasteiger partial charge in [-0.2, -0.15) is 0 Å². The van der Waals surface area contributed by atoms with Crippen LogP contribution in [0, 0.1) is 0 Å². The lowest BCUT2D eigenvalue weighted by Gasteiger charge is -1.85. The van der Waals surface area contributed by atoms with E-state index in [0.717, 1.165) is 22.3 Å². The standard InChI is InChI=1S/C11H4O3S2/c12-3-5-1-7-9(14)8-2-6(4-13)16-11(8)10(7)15-5/h1-4H. The third-order valence-electron chi connectivity index (χ3n) is 2.43. The van der Waals surface area contributed by atoms with Crippen molar-refractivity contribution < 1.29 is 14.4 Å². The monoisotopic (exact) mass is 248 g/mol. The van der Waals surface area contributed by atoms with Crippen molar-refractivity contribution in [1.29, 1.82) is 0 Å². The van der Waals surface area contributed by atoms with Crippen molar-refractivity contribution in [3.05, 3.63) is 33.0 Å². The lowest BCUT2D eigenvalue weighted by molar-refractivity contribution is 0.104. The van der Waals surface area contributed by atoms with Crippen molar-refractivity contribution in [2.45, 2.75) is 0 Å². The summed E-state index contributed by atoms with van der Waals surface area (Å²) in [6.45, 7) is 0. The van der Waals surface area contributed by atoms with Crippen molar-refractivity contribution in [3.8, 4) is 9.75 Å². The van der Waals surface area contributed by atoms with Crippen molar-refractivity contribution >= 4 is 41.0 Å². The number of fused-ring (bicyclic) bond motifs is 3. The Bertz CT molecular complexity index is 579. The number of carbonyl (C=O) groups excluding carboxylic acids is 3. The summed E-state index contributed by atoms with van der Waals surface area (Å²) >= 11 is 2.60. The normalized spacial score (nSPS) is 12.4. The van der Waals surface area contributed by atoms with Crippen LogP contribution in [-0.2, 0) is 0 Å². The molecule has 16 heavy (non-hydrogen) atoms. The average Bonchev–Trinajstić information content (AvgIpc) is 2.94. The Labute approximate surface area is 98.3 Å². The fourth-order valence-corrected chi connectivity index (χ4v) is 3.86. The highest BCUT2D eigenvalue weighted by molar-refractivity contribution is 7.24. The molecule has 2 heterocycles. The van der Waals surface area contributed by atoms with Crippen LogP contribution < -0.4 is 0 Å². The van der Waals surface area contributed by atoms with Gasteiger partial charge in [0.05, 0.1) is 19.5 Å². The third-order valence-corrected chi connectivity index (χ3v) is 4.72. The Morgan fingerprint density at radius 3 is 1.69 bits per heavy atom. The van der Waals surface area contributed by atoms with Crippen LogP contribution in [0.5, 0.6) is 0 Å². The summed E-state index contributed by atoms with van der Waals surface area (Å²) in [4.78, 5) is 35.9. The van der Waals surface area contributed by atoms with Gasteiger partial charge in [0, 0.05) is 11.1 Å². The van der Waals surface area contributed by atoms with E-state index in [9.17, 15) is 14.4 Å². The van der Waals surface area contributed by atoms with E-state index in [1.54, 1.807) is 12.1 Å². The Morgan fingerprint density at radius 1 is 0.875 bits per heavy atom. The van der Waals surface area contributed by atoms with Gasteiger partial charge in [0.25, 0.3) is 0 Å². The molecule has 0 aromatic carbocycles. The molecule has 3 nitrogen and oxygen atoms in total. The number of ketones is 1. The zero-order valence-corrected chi connectivity index (χ0v) is 9.48. The second kappa shape index (κ2) is 3.20. The van der Waals surface area contributed by atoms with Gasteiger partial charge >= 0.3 is 0 Å². The first-order valence-electron chi connectivity index (χ1n) is 4.47. The molecular weight excluding hydrogens is 244 g/mol. The molecule has 78 valence electrons. The van der Waals surface area contributed by atoms with Gasteiger partial charge in [-0.1, -0.05) is 0 Å². The maximum atomic E-state index is 11.9. The van der Waals surface area contributed by atoms with Crippen LogP contribution in [0.15, 0.2) is 12.1 Å². The molecule has 1 aliphatic rings. The van der Waals surface area contributed by atoms with Gasteiger partial charge in [-0.15, -0.1) is 22.7 Å². The van der Waals surface area contributed by atoms with Crippen molar-refractivity contribution in [2.24, 2.45) is 0 Å². The first-order valence-corrected chi connectivity index (χ1v) is 6.11. The lowest BCUT2D eigenvalue weighted by Crippen LogP contribution is -1.92. The second-order valence-corrected chi connectivity index (χ2v) is 5.52. The Balaban J connectivity index is 2.28. The van der Waals surface area contributed by atoms with Crippen molar-refractivity contribution in [1.82, 2.24) is 0 Å². The van der Waals surface area contributed by atoms with Crippen LogP contribution in [0.25, 0.3) is 9.75 Å². The highest BCUT2D eigenvalue weighted by Gasteiger charge is 2.31. The maximum Gasteiger partial charge on any atom is 0.196 e. The van der Waals surface area contributed by atoms with E-state index >= 15 is 0 Å². The molecule has 0 aliphatic heterocycles. The van der Waals surface area contributed by atoms with E-state index in [2.05, 4.69) is 0 Å². The number of carbonyl (C=O) groups is 3. The van der Waals surface area contributed by atoms with Crippen LogP contribution in [0.1, 0.15) is 35.3 Å².